The van der Waals surface area contributed by atoms with Gasteiger partial charge in [-0.1, -0.05) is 42.5 Å². The summed E-state index contributed by atoms with van der Waals surface area (Å²) in [5.74, 6) is -0.422. The van der Waals surface area contributed by atoms with Gasteiger partial charge >= 0.3 is 0 Å². The number of amides is 2. The van der Waals surface area contributed by atoms with E-state index in [0.29, 0.717) is 37.2 Å². The van der Waals surface area contributed by atoms with E-state index in [4.69, 9.17) is 0 Å². The minimum atomic E-state index is -3.58. The van der Waals surface area contributed by atoms with Gasteiger partial charge < -0.3 is 10.2 Å². The molecule has 4 rings (SSSR count). The van der Waals surface area contributed by atoms with E-state index in [1.165, 1.54) is 26.2 Å². The predicted molar refractivity (Wildman–Crippen MR) is 129 cm³/mol. The molecule has 0 atom stereocenters. The van der Waals surface area contributed by atoms with Gasteiger partial charge in [-0.25, -0.2) is 12.7 Å². The summed E-state index contributed by atoms with van der Waals surface area (Å²) in [6.07, 6.45) is 1.11. The number of rotatable bonds is 5. The van der Waals surface area contributed by atoms with Gasteiger partial charge in [-0.3, -0.25) is 9.59 Å². The highest BCUT2D eigenvalue weighted by Crippen LogP contribution is 2.25. The molecule has 1 aliphatic heterocycles. The van der Waals surface area contributed by atoms with Crippen LogP contribution >= 0.6 is 0 Å². The summed E-state index contributed by atoms with van der Waals surface area (Å²) in [6.45, 7) is 0.990. The van der Waals surface area contributed by atoms with Crippen LogP contribution in [0.4, 0.5) is 5.69 Å². The van der Waals surface area contributed by atoms with Gasteiger partial charge in [0.1, 0.15) is 0 Å². The lowest BCUT2D eigenvalue weighted by Gasteiger charge is -2.31. The number of benzene rings is 3. The van der Waals surface area contributed by atoms with E-state index >= 15 is 0 Å². The Morgan fingerprint density at radius 2 is 1.61 bits per heavy atom. The first-order valence-electron chi connectivity index (χ1n) is 10.9. The highest BCUT2D eigenvalue weighted by Gasteiger charge is 2.28. The molecule has 1 saturated heterocycles. The van der Waals surface area contributed by atoms with Crippen LogP contribution in [0.5, 0.6) is 0 Å². The maximum Gasteiger partial charge on any atom is 0.254 e. The number of anilines is 1. The Morgan fingerprint density at radius 3 is 2.33 bits per heavy atom. The first kappa shape index (κ1) is 22.9. The highest BCUT2D eigenvalue weighted by atomic mass is 32.2. The standard InChI is InChI=1S/C25H27N3O4S/c1-27(2)33(31,32)21-10-6-9-20(17-21)26-24(29)19-13-15-28(16-14-19)25(30)23-12-5-8-18-7-3-4-11-22(18)23/h3-12,17,19H,13-16H2,1-2H3,(H,26,29). The van der Waals surface area contributed by atoms with Gasteiger partial charge in [-0.2, -0.15) is 0 Å². The van der Waals surface area contributed by atoms with Crippen LogP contribution in [-0.2, 0) is 14.8 Å². The fourth-order valence-corrected chi connectivity index (χ4v) is 5.06. The number of sulfonamides is 1. The number of nitrogens with one attached hydrogen (secondary N) is 1. The summed E-state index contributed by atoms with van der Waals surface area (Å²) >= 11 is 0. The summed E-state index contributed by atoms with van der Waals surface area (Å²) in [4.78, 5) is 27.9. The third-order valence-electron chi connectivity index (χ3n) is 6.05. The number of nitrogens with zero attached hydrogens (tertiary/aromatic N) is 2. The Balaban J connectivity index is 1.40. The predicted octanol–water partition coefficient (Wildman–Crippen LogP) is 3.58. The zero-order valence-electron chi connectivity index (χ0n) is 18.7. The molecule has 8 heteroatoms. The lowest BCUT2D eigenvalue weighted by atomic mass is 9.94. The zero-order valence-corrected chi connectivity index (χ0v) is 19.5. The average molecular weight is 466 g/mol. The van der Waals surface area contributed by atoms with Crippen molar-refractivity contribution in [2.75, 3.05) is 32.5 Å². The number of hydrogen-bond acceptors (Lipinski definition) is 4. The third kappa shape index (κ3) is 4.77. The smallest absolute Gasteiger partial charge is 0.254 e. The van der Waals surface area contributed by atoms with E-state index < -0.39 is 10.0 Å². The fourth-order valence-electron chi connectivity index (χ4n) is 4.12. The molecule has 7 nitrogen and oxygen atoms in total. The van der Waals surface area contributed by atoms with E-state index in [2.05, 4.69) is 5.32 Å². The Bertz CT molecular complexity index is 1290. The summed E-state index contributed by atoms with van der Waals surface area (Å²) < 4.78 is 25.8. The average Bonchev–Trinajstić information content (AvgIpc) is 2.83. The van der Waals surface area contributed by atoms with Crippen molar-refractivity contribution in [3.05, 3.63) is 72.3 Å². The number of hydrogen-bond donors (Lipinski definition) is 1. The van der Waals surface area contributed by atoms with Crippen molar-refractivity contribution in [2.24, 2.45) is 5.92 Å². The van der Waals surface area contributed by atoms with Crippen molar-refractivity contribution in [3.63, 3.8) is 0 Å². The normalized spacial score (nSPS) is 15.1. The second kappa shape index (κ2) is 9.33. The van der Waals surface area contributed by atoms with Gasteiger partial charge in [0.05, 0.1) is 4.90 Å². The van der Waals surface area contributed by atoms with Gasteiger partial charge in [0.15, 0.2) is 0 Å². The van der Waals surface area contributed by atoms with Crippen molar-refractivity contribution in [3.8, 4) is 0 Å². The Hall–Kier alpha value is -3.23. The van der Waals surface area contributed by atoms with E-state index in [1.54, 1.807) is 17.0 Å². The molecule has 3 aromatic carbocycles. The zero-order chi connectivity index (χ0) is 23.6. The number of likely N-dealkylation sites (tertiary alicyclic amines) is 1. The van der Waals surface area contributed by atoms with Crippen LogP contribution in [0.2, 0.25) is 0 Å². The van der Waals surface area contributed by atoms with Crippen molar-refractivity contribution in [2.45, 2.75) is 17.7 Å². The maximum absolute atomic E-state index is 13.1. The van der Waals surface area contributed by atoms with Gasteiger partial charge in [-0.05, 0) is 47.9 Å². The highest BCUT2D eigenvalue weighted by molar-refractivity contribution is 7.89. The number of piperidine rings is 1. The summed E-state index contributed by atoms with van der Waals surface area (Å²) in [5.41, 5.74) is 1.12. The van der Waals surface area contributed by atoms with Crippen molar-refractivity contribution < 1.29 is 18.0 Å². The Kier molecular flexibility index (Phi) is 6.49. The molecule has 1 fully saturated rings. The molecule has 1 heterocycles. The molecule has 0 aliphatic carbocycles. The lowest BCUT2D eigenvalue weighted by Crippen LogP contribution is -2.41. The maximum atomic E-state index is 13.1. The van der Waals surface area contributed by atoms with Gasteiger partial charge in [0.2, 0.25) is 15.9 Å². The van der Waals surface area contributed by atoms with Crippen molar-refractivity contribution in [1.29, 1.82) is 0 Å². The van der Waals surface area contributed by atoms with Crippen molar-refractivity contribution in [1.82, 2.24) is 9.21 Å². The van der Waals surface area contributed by atoms with Crippen LogP contribution in [0.25, 0.3) is 10.8 Å². The van der Waals surface area contributed by atoms with E-state index in [1.807, 2.05) is 42.5 Å². The monoisotopic (exact) mass is 465 g/mol. The van der Waals surface area contributed by atoms with E-state index in [-0.39, 0.29) is 22.6 Å². The molecule has 172 valence electrons. The summed E-state index contributed by atoms with van der Waals surface area (Å²) in [7, 11) is -0.649. The first-order chi connectivity index (χ1) is 15.8. The molecule has 1 aliphatic rings. The molecule has 33 heavy (non-hydrogen) atoms. The third-order valence-corrected chi connectivity index (χ3v) is 7.86. The van der Waals surface area contributed by atoms with Crippen LogP contribution in [0, 0.1) is 5.92 Å². The molecular weight excluding hydrogens is 438 g/mol. The van der Waals surface area contributed by atoms with E-state index in [9.17, 15) is 18.0 Å². The molecular formula is C25H27N3O4S. The molecule has 0 radical (unpaired) electrons. The van der Waals surface area contributed by atoms with Crippen LogP contribution in [0.1, 0.15) is 23.2 Å². The van der Waals surface area contributed by atoms with Crippen LogP contribution in [0.3, 0.4) is 0 Å². The molecule has 0 bridgehead atoms. The minimum Gasteiger partial charge on any atom is -0.339 e. The first-order valence-corrected chi connectivity index (χ1v) is 12.3. The molecule has 0 aromatic heterocycles. The lowest BCUT2D eigenvalue weighted by molar-refractivity contribution is -0.121. The Morgan fingerprint density at radius 1 is 0.939 bits per heavy atom. The quantitative estimate of drug-likeness (QED) is 0.624. The molecule has 0 saturated carbocycles. The topological polar surface area (TPSA) is 86.8 Å². The molecule has 1 N–H and O–H groups in total. The SMILES string of the molecule is CN(C)S(=O)(=O)c1cccc(NC(=O)C2CCN(C(=O)c3cccc4ccccc34)CC2)c1. The Labute approximate surface area is 194 Å². The van der Waals surface area contributed by atoms with Crippen LogP contribution < -0.4 is 5.32 Å². The second-order valence-corrected chi connectivity index (χ2v) is 10.5. The fraction of sp³-hybridized carbons (Fsp3) is 0.280. The van der Waals surface area contributed by atoms with Gasteiger partial charge in [0.25, 0.3) is 5.91 Å². The van der Waals surface area contributed by atoms with Gasteiger partial charge in [0, 0.05) is 44.4 Å². The number of carbonyl (C=O) groups is 2. The van der Waals surface area contributed by atoms with Crippen LogP contribution in [0.15, 0.2) is 71.6 Å². The largest absolute Gasteiger partial charge is 0.339 e. The molecule has 0 spiro atoms. The van der Waals surface area contributed by atoms with Crippen LogP contribution in [-0.4, -0.2) is 56.6 Å². The van der Waals surface area contributed by atoms with Gasteiger partial charge in [-0.15, -0.1) is 0 Å². The molecule has 0 unspecified atom stereocenters. The molecule has 2 amide bonds. The minimum absolute atomic E-state index is 0.0211. The summed E-state index contributed by atoms with van der Waals surface area (Å²) in [5, 5.41) is 4.79. The summed E-state index contributed by atoms with van der Waals surface area (Å²) in [6, 6.07) is 19.8. The number of carbonyl (C=O) groups excluding carboxylic acids is 2. The second-order valence-electron chi connectivity index (χ2n) is 8.40. The van der Waals surface area contributed by atoms with E-state index in [0.717, 1.165) is 15.1 Å². The number of fused-ring (bicyclic) bond motifs is 1. The molecule has 3 aromatic rings. The van der Waals surface area contributed by atoms with Crippen molar-refractivity contribution >= 4 is 38.3 Å².